The van der Waals surface area contributed by atoms with Gasteiger partial charge in [0.15, 0.2) is 0 Å². The molecule has 0 atom stereocenters. The SMILES string of the molecule is CC1(C)CC(=Cc2ccc3nc(C=C4C=C(c5cc6c7c(c5)CCCN7CCC6)CC(C)(C)C4)cc(-c4ccc(C#N)cc4)c3c2)C=C(c2cc3c4c(c2)CCCN4CCC3)C1. The molecule has 0 unspecified atom stereocenters. The first-order valence-electron chi connectivity index (χ1n) is 23.6. The smallest absolute Gasteiger partial charge is 0.0991 e. The number of hydrogen-bond donors (Lipinski definition) is 0. The van der Waals surface area contributed by atoms with Crippen molar-refractivity contribution in [3.8, 4) is 17.2 Å². The molecule has 312 valence electrons. The van der Waals surface area contributed by atoms with Crippen molar-refractivity contribution < 1.29 is 0 Å². The van der Waals surface area contributed by atoms with Gasteiger partial charge in [-0.3, -0.25) is 0 Å². The third-order valence-corrected chi connectivity index (χ3v) is 14.7. The predicted molar refractivity (Wildman–Crippen MR) is 260 cm³/mol. The number of allylic oxidation sites excluding steroid dienone is 6. The molecule has 0 saturated heterocycles. The van der Waals surface area contributed by atoms with Gasteiger partial charge in [-0.1, -0.05) is 64.1 Å². The number of hydrogen-bond acceptors (Lipinski definition) is 4. The van der Waals surface area contributed by atoms with Crippen LogP contribution in [0.2, 0.25) is 0 Å². The molecule has 1 aromatic heterocycles. The Morgan fingerprint density at radius 3 is 1.56 bits per heavy atom. The second kappa shape index (κ2) is 15.3. The van der Waals surface area contributed by atoms with E-state index in [4.69, 9.17) is 4.98 Å². The molecular weight excluding hydrogens is 753 g/mol. The van der Waals surface area contributed by atoms with Crippen LogP contribution in [-0.2, 0) is 25.7 Å². The van der Waals surface area contributed by atoms with Crippen molar-refractivity contribution in [2.45, 2.75) is 105 Å². The lowest BCUT2D eigenvalue weighted by atomic mass is 9.72. The molecule has 4 nitrogen and oxygen atoms in total. The van der Waals surface area contributed by atoms with Crippen LogP contribution in [0.4, 0.5) is 11.4 Å². The Labute approximate surface area is 369 Å². The van der Waals surface area contributed by atoms with Crippen LogP contribution in [0.5, 0.6) is 0 Å². The normalized spacial score (nSPS) is 21.3. The molecule has 6 aliphatic rings. The Balaban J connectivity index is 0.977. The average Bonchev–Trinajstić information content (AvgIpc) is 3.25. The van der Waals surface area contributed by atoms with E-state index in [1.54, 1.807) is 33.6 Å². The van der Waals surface area contributed by atoms with E-state index in [1.807, 2.05) is 12.1 Å². The summed E-state index contributed by atoms with van der Waals surface area (Å²) in [5.74, 6) is 0. The maximum Gasteiger partial charge on any atom is 0.0991 e. The van der Waals surface area contributed by atoms with Gasteiger partial charge >= 0.3 is 0 Å². The number of aromatic nitrogens is 1. The molecular formula is C58H60N4. The van der Waals surface area contributed by atoms with Crippen LogP contribution in [0.1, 0.15) is 129 Å². The van der Waals surface area contributed by atoms with Gasteiger partial charge in [0.2, 0.25) is 0 Å². The number of nitriles is 1. The van der Waals surface area contributed by atoms with Crippen LogP contribution in [-0.4, -0.2) is 31.2 Å². The highest BCUT2D eigenvalue weighted by molar-refractivity contribution is 5.97. The van der Waals surface area contributed by atoms with Crippen LogP contribution in [0.15, 0.2) is 96.1 Å². The molecule has 0 N–H and O–H groups in total. The first-order chi connectivity index (χ1) is 30.0. The van der Waals surface area contributed by atoms with E-state index < -0.39 is 0 Å². The largest absolute Gasteiger partial charge is 0.371 e. The monoisotopic (exact) mass is 812 g/mol. The highest BCUT2D eigenvalue weighted by atomic mass is 15.1. The summed E-state index contributed by atoms with van der Waals surface area (Å²) >= 11 is 0. The highest BCUT2D eigenvalue weighted by Gasteiger charge is 2.31. The summed E-state index contributed by atoms with van der Waals surface area (Å²) in [6, 6.07) is 29.6. The number of fused-ring (bicyclic) bond motifs is 1. The Kier molecular flexibility index (Phi) is 9.68. The molecule has 5 heterocycles. The predicted octanol–water partition coefficient (Wildman–Crippen LogP) is 13.7. The first kappa shape index (κ1) is 39.2. The first-order valence-corrected chi connectivity index (χ1v) is 23.6. The number of rotatable bonds is 5. The molecule has 0 amide bonds. The lowest BCUT2D eigenvalue weighted by molar-refractivity contribution is 0.370. The van der Waals surface area contributed by atoms with E-state index in [2.05, 4.69) is 129 Å². The van der Waals surface area contributed by atoms with Crippen molar-refractivity contribution in [1.29, 1.82) is 5.26 Å². The maximum atomic E-state index is 9.67. The number of nitrogens with zero attached hydrogens (tertiary/aromatic N) is 4. The van der Waals surface area contributed by atoms with Gasteiger partial charge in [-0.25, -0.2) is 4.98 Å². The number of pyridine rings is 1. The second-order valence-electron chi connectivity index (χ2n) is 21.0. The Morgan fingerprint density at radius 1 is 0.565 bits per heavy atom. The molecule has 0 radical (unpaired) electrons. The lowest BCUT2D eigenvalue weighted by Crippen LogP contribution is -2.34. The summed E-state index contributed by atoms with van der Waals surface area (Å²) in [6.45, 7) is 14.5. The van der Waals surface area contributed by atoms with Crippen molar-refractivity contribution in [2.24, 2.45) is 10.8 Å². The zero-order chi connectivity index (χ0) is 42.2. The number of anilines is 2. The van der Waals surface area contributed by atoms with E-state index in [0.717, 1.165) is 53.4 Å². The standard InChI is InChI=1S/C58H60N4/c1-57(2)33-40(24-49(35-57)47-28-43-9-5-19-61-20-6-10-44(29-47)55(43)61)23-39-15-18-54-53(27-39)52(42-16-13-38(37-59)14-17-42)32-51(60-54)26-41-25-50(36-58(3,4)34-41)48-30-45-11-7-21-62-22-8-12-46(31-48)56(45)62/h13-18,23-32H,5-12,19-22,33-36H2,1-4H3. The average molecular weight is 813 g/mol. The fraction of sp³-hybridized carbons (Fsp3) is 0.379. The number of aryl methyl sites for hydroxylation is 4. The van der Waals surface area contributed by atoms with Gasteiger partial charge in [0.05, 0.1) is 22.8 Å². The third kappa shape index (κ3) is 7.52. The molecule has 5 aromatic rings. The molecule has 4 aliphatic heterocycles. The topological polar surface area (TPSA) is 43.2 Å². The van der Waals surface area contributed by atoms with Gasteiger partial charge in [0.25, 0.3) is 0 Å². The quantitative estimate of drug-likeness (QED) is 0.177. The summed E-state index contributed by atoms with van der Waals surface area (Å²) in [5, 5.41) is 10.8. The second-order valence-corrected chi connectivity index (χ2v) is 21.0. The van der Waals surface area contributed by atoms with Crippen LogP contribution in [0.25, 0.3) is 45.3 Å². The van der Waals surface area contributed by atoms with Crippen molar-refractivity contribution in [1.82, 2.24) is 4.98 Å². The van der Waals surface area contributed by atoms with E-state index >= 15 is 0 Å². The fourth-order valence-corrected chi connectivity index (χ4v) is 12.2. The summed E-state index contributed by atoms with van der Waals surface area (Å²) in [4.78, 5) is 10.7. The zero-order valence-electron chi connectivity index (χ0n) is 37.3. The molecule has 0 spiro atoms. The molecule has 0 bridgehead atoms. The highest BCUT2D eigenvalue weighted by Crippen LogP contribution is 2.47. The zero-order valence-corrected chi connectivity index (χ0v) is 37.3. The van der Waals surface area contributed by atoms with Crippen molar-refractivity contribution >= 4 is 45.6 Å². The van der Waals surface area contributed by atoms with Crippen LogP contribution >= 0.6 is 0 Å². The molecule has 2 aliphatic carbocycles. The third-order valence-electron chi connectivity index (χ3n) is 14.7. The molecule has 4 heteroatoms. The van der Waals surface area contributed by atoms with E-state index in [1.165, 1.54) is 117 Å². The molecule has 11 rings (SSSR count). The summed E-state index contributed by atoms with van der Waals surface area (Å²) < 4.78 is 0. The van der Waals surface area contributed by atoms with Crippen LogP contribution in [0, 0.1) is 22.2 Å². The molecule has 0 saturated carbocycles. The molecule has 62 heavy (non-hydrogen) atoms. The van der Waals surface area contributed by atoms with Crippen molar-refractivity contribution in [2.75, 3.05) is 36.0 Å². The van der Waals surface area contributed by atoms with Gasteiger partial charge in [-0.05, 0) is 221 Å². The minimum Gasteiger partial charge on any atom is -0.371 e. The van der Waals surface area contributed by atoms with Gasteiger partial charge in [0, 0.05) is 42.9 Å². The summed E-state index contributed by atoms with van der Waals surface area (Å²) in [7, 11) is 0. The molecule has 4 aromatic carbocycles. The summed E-state index contributed by atoms with van der Waals surface area (Å²) in [5.41, 5.74) is 24.3. The van der Waals surface area contributed by atoms with Crippen molar-refractivity contribution in [3.05, 3.63) is 146 Å². The Hall–Kier alpha value is -5.66. The summed E-state index contributed by atoms with van der Waals surface area (Å²) in [6.07, 6.45) is 23.8. The van der Waals surface area contributed by atoms with Gasteiger partial charge in [0.1, 0.15) is 0 Å². The van der Waals surface area contributed by atoms with E-state index in [-0.39, 0.29) is 10.8 Å². The van der Waals surface area contributed by atoms with Crippen LogP contribution < -0.4 is 9.80 Å². The van der Waals surface area contributed by atoms with Gasteiger partial charge < -0.3 is 9.80 Å². The number of benzene rings is 4. The van der Waals surface area contributed by atoms with Crippen molar-refractivity contribution in [3.63, 3.8) is 0 Å². The minimum atomic E-state index is 0.143. The lowest BCUT2D eigenvalue weighted by Gasteiger charge is -2.38. The Bertz CT molecular complexity index is 2750. The maximum absolute atomic E-state index is 9.67. The fourth-order valence-electron chi connectivity index (χ4n) is 12.2. The van der Waals surface area contributed by atoms with E-state index in [9.17, 15) is 5.26 Å². The van der Waals surface area contributed by atoms with Crippen LogP contribution in [0.3, 0.4) is 0 Å². The van der Waals surface area contributed by atoms with Gasteiger partial charge in [-0.2, -0.15) is 5.26 Å². The van der Waals surface area contributed by atoms with Gasteiger partial charge in [-0.15, -0.1) is 0 Å². The minimum absolute atomic E-state index is 0.143. The Morgan fingerprint density at radius 2 is 1.06 bits per heavy atom. The van der Waals surface area contributed by atoms with E-state index in [0.29, 0.717) is 5.56 Å². The molecule has 0 fully saturated rings.